The fraction of sp³-hybridized carbons (Fsp3) is 0.0400. The van der Waals surface area contributed by atoms with Gasteiger partial charge in [0, 0.05) is 0 Å². The molecule has 0 atom stereocenters. The second kappa shape index (κ2) is 8.93. The van der Waals surface area contributed by atoms with Gasteiger partial charge in [0.25, 0.3) is 10.0 Å². The lowest BCUT2D eigenvalue weighted by molar-refractivity contribution is 0.482. The van der Waals surface area contributed by atoms with E-state index in [2.05, 4.69) is 0 Å². The second-order valence-electron chi connectivity index (χ2n) is 6.94. The first kappa shape index (κ1) is 20.5. The van der Waals surface area contributed by atoms with E-state index in [9.17, 15) is 8.42 Å². The molecule has 0 aromatic heterocycles. The lowest BCUT2D eigenvalue weighted by Crippen LogP contribution is -2.31. The Bertz CT molecular complexity index is 1240. The number of nitrogen functional groups attached to an aromatic ring is 1. The van der Waals surface area contributed by atoms with Crippen molar-refractivity contribution in [1.82, 2.24) is 0 Å². The van der Waals surface area contributed by atoms with Crippen LogP contribution in [0.1, 0.15) is 5.56 Å². The highest BCUT2D eigenvalue weighted by Gasteiger charge is 2.27. The Kier molecular flexibility index (Phi) is 5.91. The molecule has 0 aliphatic rings. The normalized spacial score (nSPS) is 11.1. The number of benzene rings is 4. The molecule has 0 saturated carbocycles. The summed E-state index contributed by atoms with van der Waals surface area (Å²) in [7, 11) is -3.89. The molecule has 0 bridgehead atoms. The average molecular weight is 431 g/mol. The highest BCUT2D eigenvalue weighted by atomic mass is 32.2. The molecule has 0 saturated heterocycles. The number of sulfonamides is 1. The molecule has 0 fully saturated rings. The van der Waals surface area contributed by atoms with Crippen LogP contribution in [0.15, 0.2) is 114 Å². The number of nitrogens with two attached hydrogens (primary N) is 1. The van der Waals surface area contributed by atoms with Crippen LogP contribution in [0.5, 0.6) is 11.5 Å². The third-order valence-electron chi connectivity index (χ3n) is 4.76. The smallest absolute Gasteiger partial charge is 0.266 e. The summed E-state index contributed by atoms with van der Waals surface area (Å²) in [5, 5.41) is 0. The summed E-state index contributed by atoms with van der Waals surface area (Å²) in [6.07, 6.45) is 0. The molecular formula is C25H22N2O3S. The second-order valence-corrected chi connectivity index (χ2v) is 8.77. The van der Waals surface area contributed by atoms with E-state index >= 15 is 0 Å². The molecule has 0 spiro atoms. The summed E-state index contributed by atoms with van der Waals surface area (Å²) in [6, 6.07) is 32.3. The zero-order valence-corrected chi connectivity index (χ0v) is 17.6. The van der Waals surface area contributed by atoms with Gasteiger partial charge in [-0.15, -0.1) is 0 Å². The third kappa shape index (κ3) is 4.70. The fourth-order valence-electron chi connectivity index (χ4n) is 3.20. The monoisotopic (exact) mass is 430 g/mol. The topological polar surface area (TPSA) is 72.6 Å². The molecule has 156 valence electrons. The molecule has 31 heavy (non-hydrogen) atoms. The lowest BCUT2D eigenvalue weighted by atomic mass is 10.2. The number of nitrogens with zero attached hydrogens (tertiary/aromatic N) is 1. The first-order valence-electron chi connectivity index (χ1n) is 9.78. The lowest BCUT2D eigenvalue weighted by Gasteiger charge is -2.25. The zero-order chi connectivity index (χ0) is 21.7. The van der Waals surface area contributed by atoms with Gasteiger partial charge in [0.2, 0.25) is 0 Å². The van der Waals surface area contributed by atoms with Gasteiger partial charge in [-0.25, -0.2) is 8.42 Å². The van der Waals surface area contributed by atoms with E-state index in [1.807, 2.05) is 60.7 Å². The minimum atomic E-state index is -3.89. The molecule has 4 rings (SSSR count). The van der Waals surface area contributed by atoms with Crippen LogP contribution < -0.4 is 14.8 Å². The summed E-state index contributed by atoms with van der Waals surface area (Å²) in [5.74, 6) is 1.33. The van der Waals surface area contributed by atoms with E-state index in [4.69, 9.17) is 10.5 Å². The molecule has 6 heteroatoms. The Morgan fingerprint density at radius 3 is 1.87 bits per heavy atom. The summed E-state index contributed by atoms with van der Waals surface area (Å²) in [4.78, 5) is 0.0792. The van der Waals surface area contributed by atoms with E-state index in [1.54, 1.807) is 42.5 Å². The van der Waals surface area contributed by atoms with E-state index in [-0.39, 0.29) is 17.1 Å². The van der Waals surface area contributed by atoms with Crippen LogP contribution in [0, 0.1) is 0 Å². The Hall–Kier alpha value is -3.77. The van der Waals surface area contributed by atoms with E-state index in [0.717, 1.165) is 5.56 Å². The van der Waals surface area contributed by atoms with Crippen molar-refractivity contribution in [2.45, 2.75) is 11.4 Å². The van der Waals surface area contributed by atoms with Crippen LogP contribution >= 0.6 is 0 Å². The van der Waals surface area contributed by atoms with Crippen molar-refractivity contribution in [2.75, 3.05) is 10.0 Å². The fourth-order valence-corrected chi connectivity index (χ4v) is 4.78. The van der Waals surface area contributed by atoms with Crippen molar-refractivity contribution in [3.8, 4) is 11.5 Å². The molecule has 0 aliphatic heterocycles. The average Bonchev–Trinajstić information content (AvgIpc) is 2.80. The predicted octanol–water partition coefficient (Wildman–Crippen LogP) is 5.46. The van der Waals surface area contributed by atoms with Gasteiger partial charge in [-0.2, -0.15) is 0 Å². The van der Waals surface area contributed by atoms with Gasteiger partial charge in [-0.1, -0.05) is 60.7 Å². The van der Waals surface area contributed by atoms with Crippen LogP contribution in [-0.4, -0.2) is 8.42 Å². The van der Waals surface area contributed by atoms with Crippen molar-refractivity contribution >= 4 is 21.4 Å². The van der Waals surface area contributed by atoms with Crippen LogP contribution in [-0.2, 0) is 16.6 Å². The number of anilines is 2. The summed E-state index contributed by atoms with van der Waals surface area (Å²) in [5.41, 5.74) is 7.60. The van der Waals surface area contributed by atoms with Crippen molar-refractivity contribution in [1.29, 1.82) is 0 Å². The zero-order valence-electron chi connectivity index (χ0n) is 16.8. The first-order valence-corrected chi connectivity index (χ1v) is 11.2. The summed E-state index contributed by atoms with van der Waals surface area (Å²) < 4.78 is 34.3. The number of para-hydroxylation sites is 2. The van der Waals surface area contributed by atoms with Gasteiger partial charge in [-0.05, 0) is 54.1 Å². The van der Waals surface area contributed by atoms with Gasteiger partial charge in [0.05, 0.1) is 17.9 Å². The van der Waals surface area contributed by atoms with Crippen LogP contribution in [0.4, 0.5) is 11.4 Å². The highest BCUT2D eigenvalue weighted by Crippen LogP contribution is 2.31. The minimum absolute atomic E-state index is 0.0792. The summed E-state index contributed by atoms with van der Waals surface area (Å²) in [6.45, 7) is 0.177. The largest absolute Gasteiger partial charge is 0.457 e. The molecule has 4 aromatic carbocycles. The number of rotatable bonds is 7. The molecule has 0 unspecified atom stereocenters. The standard InChI is InChI=1S/C25H22N2O3S/c26-24-13-7-8-14-25(24)31(28,29)27(19-20-9-3-1-4-10-20)21-15-17-23(18-16-21)30-22-11-5-2-6-12-22/h1-18H,19,26H2. The van der Waals surface area contributed by atoms with Crippen molar-refractivity contribution in [3.63, 3.8) is 0 Å². The van der Waals surface area contributed by atoms with Gasteiger partial charge in [-0.3, -0.25) is 4.31 Å². The molecule has 0 heterocycles. The molecule has 0 aliphatic carbocycles. The van der Waals surface area contributed by atoms with Gasteiger partial charge in [0.15, 0.2) is 0 Å². The Morgan fingerprint density at radius 1 is 0.677 bits per heavy atom. The number of ether oxygens (including phenoxy) is 1. The van der Waals surface area contributed by atoms with Crippen LogP contribution in [0.2, 0.25) is 0 Å². The van der Waals surface area contributed by atoms with E-state index in [0.29, 0.717) is 17.2 Å². The Balaban J connectivity index is 1.70. The molecule has 2 N–H and O–H groups in total. The summed E-state index contributed by atoms with van der Waals surface area (Å²) >= 11 is 0. The number of hydrogen-bond donors (Lipinski definition) is 1. The number of hydrogen-bond acceptors (Lipinski definition) is 4. The van der Waals surface area contributed by atoms with Gasteiger partial charge in [0.1, 0.15) is 16.4 Å². The minimum Gasteiger partial charge on any atom is -0.457 e. The van der Waals surface area contributed by atoms with Gasteiger partial charge < -0.3 is 10.5 Å². The quantitative estimate of drug-likeness (QED) is 0.395. The maximum atomic E-state index is 13.5. The molecule has 0 amide bonds. The predicted molar refractivity (Wildman–Crippen MR) is 124 cm³/mol. The van der Waals surface area contributed by atoms with Crippen LogP contribution in [0.25, 0.3) is 0 Å². The van der Waals surface area contributed by atoms with E-state index < -0.39 is 10.0 Å². The molecule has 4 aromatic rings. The first-order chi connectivity index (χ1) is 15.0. The third-order valence-corrected chi connectivity index (χ3v) is 6.61. The Labute approximate surface area is 182 Å². The van der Waals surface area contributed by atoms with Crippen molar-refractivity contribution < 1.29 is 13.2 Å². The molecule has 5 nitrogen and oxygen atoms in total. The SMILES string of the molecule is Nc1ccccc1S(=O)(=O)N(Cc1ccccc1)c1ccc(Oc2ccccc2)cc1. The highest BCUT2D eigenvalue weighted by molar-refractivity contribution is 7.93. The maximum Gasteiger partial charge on any atom is 0.266 e. The Morgan fingerprint density at radius 2 is 1.23 bits per heavy atom. The maximum absolute atomic E-state index is 13.5. The van der Waals surface area contributed by atoms with Crippen molar-refractivity contribution in [2.24, 2.45) is 0 Å². The molecule has 0 radical (unpaired) electrons. The molecular weight excluding hydrogens is 408 g/mol. The van der Waals surface area contributed by atoms with Crippen molar-refractivity contribution in [3.05, 3.63) is 115 Å². The van der Waals surface area contributed by atoms with Gasteiger partial charge >= 0.3 is 0 Å². The van der Waals surface area contributed by atoms with Crippen LogP contribution in [0.3, 0.4) is 0 Å². The van der Waals surface area contributed by atoms with E-state index in [1.165, 1.54) is 10.4 Å².